The van der Waals surface area contributed by atoms with Gasteiger partial charge in [0.15, 0.2) is 5.25 Å². The second kappa shape index (κ2) is 16.7. The van der Waals surface area contributed by atoms with Crippen LogP contribution in [0, 0.1) is 0 Å². The van der Waals surface area contributed by atoms with Crippen LogP contribution in [0.4, 0.5) is 0 Å². The molecule has 0 aliphatic rings. The summed E-state index contributed by atoms with van der Waals surface area (Å²) in [6.45, 7) is 3.78. The number of esters is 2. The molecule has 0 heterocycles. The SMILES string of the molecule is C/C=C/OC(=O)CC(C(=O)OCCCCCCCCCC)S(=O)(=O)[O-].[Na+]. The van der Waals surface area contributed by atoms with E-state index in [9.17, 15) is 22.6 Å². The zero-order valence-electron chi connectivity index (χ0n) is 16.1. The topological polar surface area (TPSA) is 110 Å². The molecule has 0 N–H and O–H groups in total. The first-order chi connectivity index (χ1) is 11.8. The number of ether oxygens (including phenoxy) is 2. The molecule has 0 aromatic heterocycles. The van der Waals surface area contributed by atoms with E-state index < -0.39 is 33.7 Å². The first-order valence-corrected chi connectivity index (χ1v) is 10.2. The van der Waals surface area contributed by atoms with Gasteiger partial charge in [0.2, 0.25) is 0 Å². The Kier molecular flexibility index (Phi) is 17.9. The van der Waals surface area contributed by atoms with Crippen LogP contribution in [0.5, 0.6) is 0 Å². The van der Waals surface area contributed by atoms with Crippen molar-refractivity contribution in [2.45, 2.75) is 76.9 Å². The van der Waals surface area contributed by atoms with Gasteiger partial charge in [0, 0.05) is 0 Å². The van der Waals surface area contributed by atoms with E-state index in [4.69, 9.17) is 4.74 Å². The zero-order chi connectivity index (χ0) is 19.1. The average molecular weight is 400 g/mol. The van der Waals surface area contributed by atoms with E-state index in [1.807, 2.05) is 0 Å². The molecule has 9 heteroatoms. The molecule has 7 nitrogen and oxygen atoms in total. The molecule has 0 saturated heterocycles. The Morgan fingerprint density at radius 1 is 1.04 bits per heavy atom. The molecule has 0 aliphatic heterocycles. The van der Waals surface area contributed by atoms with Crippen molar-refractivity contribution in [3.05, 3.63) is 12.3 Å². The molecular weight excluding hydrogens is 371 g/mol. The minimum Gasteiger partial charge on any atom is -0.747 e. The van der Waals surface area contributed by atoms with Crippen molar-refractivity contribution in [3.63, 3.8) is 0 Å². The first-order valence-electron chi connectivity index (χ1n) is 8.74. The van der Waals surface area contributed by atoms with Gasteiger partial charge in [-0.15, -0.1) is 0 Å². The maximum Gasteiger partial charge on any atom is 1.00 e. The molecule has 1 atom stereocenters. The van der Waals surface area contributed by atoms with Gasteiger partial charge < -0.3 is 14.0 Å². The van der Waals surface area contributed by atoms with E-state index in [-0.39, 0.29) is 36.2 Å². The summed E-state index contributed by atoms with van der Waals surface area (Å²) in [7, 11) is -4.99. The van der Waals surface area contributed by atoms with Crippen LogP contribution in [0.25, 0.3) is 0 Å². The van der Waals surface area contributed by atoms with Gasteiger partial charge in [-0.3, -0.25) is 9.59 Å². The number of hydrogen-bond donors (Lipinski definition) is 0. The molecule has 0 rings (SSSR count). The molecule has 0 fully saturated rings. The van der Waals surface area contributed by atoms with Gasteiger partial charge >= 0.3 is 41.5 Å². The van der Waals surface area contributed by atoms with E-state index in [0.717, 1.165) is 25.5 Å². The fourth-order valence-corrected chi connectivity index (χ4v) is 2.79. The van der Waals surface area contributed by atoms with Gasteiger partial charge in [0.1, 0.15) is 10.1 Å². The molecule has 0 bridgehead atoms. The van der Waals surface area contributed by atoms with Crippen LogP contribution in [0.2, 0.25) is 0 Å². The molecule has 0 aliphatic carbocycles. The quantitative estimate of drug-likeness (QED) is 0.133. The Morgan fingerprint density at radius 3 is 2.08 bits per heavy atom. The molecule has 0 aromatic carbocycles. The summed E-state index contributed by atoms with van der Waals surface area (Å²) in [6, 6.07) is 0. The Balaban J connectivity index is 0. The summed E-state index contributed by atoms with van der Waals surface area (Å²) >= 11 is 0. The van der Waals surface area contributed by atoms with Gasteiger partial charge in [-0.1, -0.05) is 57.9 Å². The standard InChI is InChI=1S/C17H30O7S.Na/c1-3-5-6-7-8-9-10-11-13-24-17(19)15(25(20,21)22)14-16(18)23-12-4-2;/h4,12,15H,3,5-11,13-14H2,1-2H3,(H,20,21,22);/q;+1/p-1/b12-4+;. The predicted octanol–water partition coefficient (Wildman–Crippen LogP) is 0.0550. The Hall–Kier alpha value is -0.410. The molecule has 0 radical (unpaired) electrons. The van der Waals surface area contributed by atoms with E-state index in [1.165, 1.54) is 31.8 Å². The summed E-state index contributed by atoms with van der Waals surface area (Å²) in [5.41, 5.74) is 0. The molecule has 0 saturated carbocycles. The van der Waals surface area contributed by atoms with E-state index in [1.54, 1.807) is 6.92 Å². The van der Waals surface area contributed by atoms with Crippen LogP contribution in [-0.4, -0.2) is 36.8 Å². The van der Waals surface area contributed by atoms with Crippen molar-refractivity contribution in [1.29, 1.82) is 0 Å². The van der Waals surface area contributed by atoms with Gasteiger partial charge in [-0.05, 0) is 13.3 Å². The molecule has 0 aromatic rings. The average Bonchev–Trinajstić information content (AvgIpc) is 2.55. The minimum absolute atomic E-state index is 0. The molecular formula is C17H29NaO7S. The van der Waals surface area contributed by atoms with Crippen molar-refractivity contribution in [2.24, 2.45) is 0 Å². The first kappa shape index (κ1) is 27.8. The zero-order valence-corrected chi connectivity index (χ0v) is 18.9. The fraction of sp³-hybridized carbons (Fsp3) is 0.765. The summed E-state index contributed by atoms with van der Waals surface area (Å²) in [5.74, 6) is -2.18. The van der Waals surface area contributed by atoms with Crippen molar-refractivity contribution < 1.29 is 61.6 Å². The second-order valence-electron chi connectivity index (χ2n) is 5.79. The van der Waals surface area contributed by atoms with Crippen molar-refractivity contribution in [1.82, 2.24) is 0 Å². The summed E-state index contributed by atoms with van der Waals surface area (Å²) < 4.78 is 42.9. The number of carbonyl (C=O) groups is 2. The molecule has 0 amide bonds. The Labute approximate surface area is 178 Å². The fourth-order valence-electron chi connectivity index (χ4n) is 2.15. The van der Waals surface area contributed by atoms with Crippen molar-refractivity contribution in [2.75, 3.05) is 6.61 Å². The van der Waals surface area contributed by atoms with Gasteiger partial charge in [-0.25, -0.2) is 8.42 Å². The molecule has 146 valence electrons. The minimum atomic E-state index is -4.99. The van der Waals surface area contributed by atoms with E-state index >= 15 is 0 Å². The number of carbonyl (C=O) groups excluding carboxylic acids is 2. The third-order valence-corrected chi connectivity index (χ3v) is 4.60. The predicted molar refractivity (Wildman–Crippen MR) is 92.6 cm³/mol. The number of rotatable bonds is 14. The van der Waals surface area contributed by atoms with E-state index in [2.05, 4.69) is 11.7 Å². The third kappa shape index (κ3) is 14.7. The van der Waals surface area contributed by atoms with Crippen LogP contribution in [0.15, 0.2) is 12.3 Å². The van der Waals surface area contributed by atoms with Gasteiger partial charge in [-0.2, -0.15) is 0 Å². The number of unbranched alkanes of at least 4 members (excludes halogenated alkanes) is 7. The maximum absolute atomic E-state index is 11.8. The van der Waals surface area contributed by atoms with Crippen molar-refractivity contribution >= 4 is 22.1 Å². The normalized spacial score (nSPS) is 12.4. The van der Waals surface area contributed by atoms with Gasteiger partial charge in [0.25, 0.3) is 0 Å². The largest absolute Gasteiger partial charge is 1.00 e. The van der Waals surface area contributed by atoms with Crippen LogP contribution < -0.4 is 29.6 Å². The number of hydrogen-bond acceptors (Lipinski definition) is 7. The van der Waals surface area contributed by atoms with Crippen LogP contribution in [-0.2, 0) is 29.2 Å². The summed E-state index contributed by atoms with van der Waals surface area (Å²) in [5, 5.41) is -2.07. The van der Waals surface area contributed by atoms with Crippen molar-refractivity contribution in [3.8, 4) is 0 Å². The van der Waals surface area contributed by atoms with Crippen LogP contribution in [0.3, 0.4) is 0 Å². The molecule has 1 unspecified atom stereocenters. The Bertz CT molecular complexity index is 517. The van der Waals surface area contributed by atoms with Gasteiger partial charge in [0.05, 0.1) is 19.3 Å². The van der Waals surface area contributed by atoms with Crippen LogP contribution in [0.1, 0.15) is 71.6 Å². The Morgan fingerprint density at radius 2 is 1.58 bits per heavy atom. The number of allylic oxidation sites excluding steroid dienone is 1. The molecule has 26 heavy (non-hydrogen) atoms. The smallest absolute Gasteiger partial charge is 0.747 e. The maximum atomic E-state index is 11.8. The van der Waals surface area contributed by atoms with Crippen LogP contribution >= 0.6 is 0 Å². The summed E-state index contributed by atoms with van der Waals surface area (Å²) in [6.07, 6.45) is 10.0. The second-order valence-corrected chi connectivity index (χ2v) is 7.34. The molecule has 0 spiro atoms. The van der Waals surface area contributed by atoms with E-state index in [0.29, 0.717) is 6.42 Å². The summed E-state index contributed by atoms with van der Waals surface area (Å²) in [4.78, 5) is 23.2. The monoisotopic (exact) mass is 400 g/mol. The third-order valence-electron chi connectivity index (χ3n) is 3.54.